The topological polar surface area (TPSA) is 31.4 Å². The van der Waals surface area contributed by atoms with Crippen molar-refractivity contribution in [3.05, 3.63) is 42.5 Å². The second-order valence-corrected chi connectivity index (χ2v) is 4.91. The Labute approximate surface area is 115 Å². The highest BCUT2D eigenvalue weighted by Crippen LogP contribution is 2.38. The van der Waals surface area contributed by atoms with Crippen LogP contribution in [0.25, 0.3) is 21.3 Å². The molecule has 0 amide bonds. The standard InChI is InChI=1S/C15H13NO2S/c1-17-12-8-11-14(9-13(12)18-2)19-16-15(11)10-6-4-3-5-7-10/h3-9H,1-2H3. The van der Waals surface area contributed by atoms with Crippen LogP contribution >= 0.6 is 11.5 Å². The van der Waals surface area contributed by atoms with Crippen LogP contribution in [0.1, 0.15) is 0 Å². The number of hydrogen-bond acceptors (Lipinski definition) is 4. The Hall–Kier alpha value is -2.07. The summed E-state index contributed by atoms with van der Waals surface area (Å²) in [6.07, 6.45) is 0. The first-order valence-electron chi connectivity index (χ1n) is 5.90. The third kappa shape index (κ3) is 2.04. The Kier molecular flexibility index (Phi) is 3.09. The summed E-state index contributed by atoms with van der Waals surface area (Å²) in [6.45, 7) is 0. The van der Waals surface area contributed by atoms with E-state index in [1.54, 1.807) is 14.2 Å². The molecule has 3 aromatic rings. The molecule has 0 radical (unpaired) electrons. The summed E-state index contributed by atoms with van der Waals surface area (Å²) in [7, 11) is 3.29. The van der Waals surface area contributed by atoms with Crippen LogP contribution in [0.2, 0.25) is 0 Å². The molecule has 0 bridgehead atoms. The predicted molar refractivity (Wildman–Crippen MR) is 78.2 cm³/mol. The van der Waals surface area contributed by atoms with E-state index >= 15 is 0 Å². The Morgan fingerprint density at radius 2 is 1.63 bits per heavy atom. The average molecular weight is 271 g/mol. The summed E-state index contributed by atoms with van der Waals surface area (Å²) in [4.78, 5) is 0. The number of ether oxygens (including phenoxy) is 2. The van der Waals surface area contributed by atoms with E-state index in [0.717, 1.165) is 32.8 Å². The zero-order valence-corrected chi connectivity index (χ0v) is 11.5. The van der Waals surface area contributed by atoms with Crippen molar-refractivity contribution in [2.75, 3.05) is 14.2 Å². The van der Waals surface area contributed by atoms with Gasteiger partial charge in [0, 0.05) is 17.0 Å². The largest absolute Gasteiger partial charge is 0.493 e. The summed E-state index contributed by atoms with van der Waals surface area (Å²) in [6, 6.07) is 14.1. The molecule has 19 heavy (non-hydrogen) atoms. The van der Waals surface area contributed by atoms with E-state index in [9.17, 15) is 0 Å². The lowest BCUT2D eigenvalue weighted by atomic mass is 10.1. The molecule has 4 heteroatoms. The Morgan fingerprint density at radius 3 is 2.32 bits per heavy atom. The van der Waals surface area contributed by atoms with E-state index in [2.05, 4.69) is 16.5 Å². The first-order valence-corrected chi connectivity index (χ1v) is 6.67. The first kappa shape index (κ1) is 12.0. The van der Waals surface area contributed by atoms with Gasteiger partial charge in [-0.2, -0.15) is 4.37 Å². The maximum absolute atomic E-state index is 5.36. The highest BCUT2D eigenvalue weighted by Gasteiger charge is 2.13. The fourth-order valence-electron chi connectivity index (χ4n) is 2.07. The molecule has 1 heterocycles. The van der Waals surface area contributed by atoms with Gasteiger partial charge in [-0.1, -0.05) is 30.3 Å². The highest BCUT2D eigenvalue weighted by molar-refractivity contribution is 7.13. The summed E-state index contributed by atoms with van der Waals surface area (Å²) in [5.74, 6) is 1.46. The molecule has 0 aliphatic carbocycles. The number of rotatable bonds is 3. The fraction of sp³-hybridized carbons (Fsp3) is 0.133. The minimum atomic E-state index is 0.729. The third-order valence-corrected chi connectivity index (χ3v) is 3.83. The van der Waals surface area contributed by atoms with Crippen LogP contribution in [0, 0.1) is 0 Å². The molecule has 3 nitrogen and oxygen atoms in total. The van der Waals surface area contributed by atoms with Gasteiger partial charge in [-0.15, -0.1) is 0 Å². The summed E-state index contributed by atoms with van der Waals surface area (Å²) < 4.78 is 16.3. The van der Waals surface area contributed by atoms with E-state index in [1.165, 1.54) is 11.5 Å². The maximum Gasteiger partial charge on any atom is 0.162 e. The lowest BCUT2D eigenvalue weighted by Crippen LogP contribution is -1.89. The van der Waals surface area contributed by atoms with Crippen molar-refractivity contribution in [3.8, 4) is 22.8 Å². The first-order chi connectivity index (χ1) is 9.33. The molecule has 0 spiro atoms. The molecule has 0 aliphatic heterocycles. The van der Waals surface area contributed by atoms with E-state index in [0.29, 0.717) is 0 Å². The van der Waals surface area contributed by atoms with Gasteiger partial charge in [0.15, 0.2) is 11.5 Å². The molecule has 0 atom stereocenters. The molecule has 2 aromatic carbocycles. The maximum atomic E-state index is 5.36. The van der Waals surface area contributed by atoms with Crippen LogP contribution in [-0.2, 0) is 0 Å². The van der Waals surface area contributed by atoms with E-state index in [1.807, 2.05) is 30.3 Å². The van der Waals surface area contributed by atoms with Gasteiger partial charge in [0.2, 0.25) is 0 Å². The number of benzene rings is 2. The molecule has 96 valence electrons. The zero-order chi connectivity index (χ0) is 13.2. The van der Waals surface area contributed by atoms with Gasteiger partial charge in [0.25, 0.3) is 0 Å². The Bertz CT molecular complexity index is 707. The van der Waals surface area contributed by atoms with Crippen molar-refractivity contribution >= 4 is 21.6 Å². The van der Waals surface area contributed by atoms with Crippen molar-refractivity contribution in [2.24, 2.45) is 0 Å². The van der Waals surface area contributed by atoms with Crippen molar-refractivity contribution < 1.29 is 9.47 Å². The summed E-state index contributed by atoms with van der Waals surface area (Å²) in [5.41, 5.74) is 2.10. The average Bonchev–Trinajstić information content (AvgIpc) is 2.89. The molecule has 0 saturated carbocycles. The fourth-order valence-corrected chi connectivity index (χ4v) is 2.88. The molecule has 3 rings (SSSR count). The zero-order valence-electron chi connectivity index (χ0n) is 10.7. The normalized spacial score (nSPS) is 10.6. The van der Waals surface area contributed by atoms with Crippen LogP contribution < -0.4 is 9.47 Å². The minimum absolute atomic E-state index is 0.729. The van der Waals surface area contributed by atoms with E-state index in [4.69, 9.17) is 9.47 Å². The third-order valence-electron chi connectivity index (χ3n) is 3.02. The lowest BCUT2D eigenvalue weighted by molar-refractivity contribution is 0.356. The number of nitrogens with zero attached hydrogens (tertiary/aromatic N) is 1. The predicted octanol–water partition coefficient (Wildman–Crippen LogP) is 3.98. The molecule has 0 aliphatic rings. The second kappa shape index (κ2) is 4.90. The Balaban J connectivity index is 2.23. The number of aromatic nitrogens is 1. The molecule has 0 N–H and O–H groups in total. The van der Waals surface area contributed by atoms with Gasteiger partial charge in [0.1, 0.15) is 0 Å². The van der Waals surface area contributed by atoms with Gasteiger partial charge in [-0.05, 0) is 17.6 Å². The van der Waals surface area contributed by atoms with Crippen LogP contribution in [-0.4, -0.2) is 18.6 Å². The van der Waals surface area contributed by atoms with Gasteiger partial charge in [0.05, 0.1) is 24.6 Å². The van der Waals surface area contributed by atoms with Crippen molar-refractivity contribution in [1.82, 2.24) is 4.37 Å². The minimum Gasteiger partial charge on any atom is -0.493 e. The molecule has 0 unspecified atom stereocenters. The smallest absolute Gasteiger partial charge is 0.162 e. The summed E-state index contributed by atoms with van der Waals surface area (Å²) in [5, 5.41) is 1.09. The molecule has 1 aromatic heterocycles. The summed E-state index contributed by atoms with van der Waals surface area (Å²) >= 11 is 1.47. The van der Waals surface area contributed by atoms with E-state index in [-0.39, 0.29) is 0 Å². The van der Waals surface area contributed by atoms with Crippen molar-refractivity contribution in [1.29, 1.82) is 0 Å². The molecular weight excluding hydrogens is 258 g/mol. The quantitative estimate of drug-likeness (QED) is 0.722. The second-order valence-electron chi connectivity index (χ2n) is 4.10. The van der Waals surface area contributed by atoms with E-state index < -0.39 is 0 Å². The van der Waals surface area contributed by atoms with Crippen LogP contribution in [0.15, 0.2) is 42.5 Å². The molecule has 0 fully saturated rings. The van der Waals surface area contributed by atoms with Crippen LogP contribution in [0.4, 0.5) is 0 Å². The van der Waals surface area contributed by atoms with Gasteiger partial charge in [-0.25, -0.2) is 0 Å². The van der Waals surface area contributed by atoms with Gasteiger partial charge < -0.3 is 9.47 Å². The molecular formula is C15H13NO2S. The van der Waals surface area contributed by atoms with Crippen LogP contribution in [0.5, 0.6) is 11.5 Å². The molecule has 0 saturated heterocycles. The highest BCUT2D eigenvalue weighted by atomic mass is 32.1. The van der Waals surface area contributed by atoms with Gasteiger partial charge >= 0.3 is 0 Å². The van der Waals surface area contributed by atoms with Crippen molar-refractivity contribution in [3.63, 3.8) is 0 Å². The SMILES string of the molecule is COc1cc2snc(-c3ccccc3)c2cc1OC. The number of hydrogen-bond donors (Lipinski definition) is 0. The van der Waals surface area contributed by atoms with Gasteiger partial charge in [-0.3, -0.25) is 0 Å². The van der Waals surface area contributed by atoms with Crippen LogP contribution in [0.3, 0.4) is 0 Å². The lowest BCUT2D eigenvalue weighted by Gasteiger charge is -2.07. The van der Waals surface area contributed by atoms with Crippen molar-refractivity contribution in [2.45, 2.75) is 0 Å². The number of fused-ring (bicyclic) bond motifs is 1. The monoisotopic (exact) mass is 271 g/mol. The number of methoxy groups -OCH3 is 2. The Morgan fingerprint density at radius 1 is 0.947 bits per heavy atom.